The van der Waals surface area contributed by atoms with E-state index in [1.807, 2.05) is 30.5 Å². The van der Waals surface area contributed by atoms with Gasteiger partial charge in [0.15, 0.2) is 4.96 Å². The Morgan fingerprint density at radius 3 is 3.07 bits per heavy atom. The van der Waals surface area contributed by atoms with Crippen LogP contribution in [-0.4, -0.2) is 34.5 Å². The number of hydrogen-bond donors (Lipinski definition) is 2. The van der Waals surface area contributed by atoms with Crippen LogP contribution in [0.5, 0.6) is 0 Å². The summed E-state index contributed by atoms with van der Waals surface area (Å²) in [5.74, 6) is -0.143. The zero-order valence-electron chi connectivity index (χ0n) is 15.6. The minimum Gasteiger partial charge on any atom is -0.379 e. The van der Waals surface area contributed by atoms with E-state index in [-0.39, 0.29) is 17.6 Å². The maximum atomic E-state index is 12.6. The first-order chi connectivity index (χ1) is 13.6. The molecule has 1 aliphatic heterocycles. The molecule has 28 heavy (non-hydrogen) atoms. The molecule has 1 fully saturated rings. The Morgan fingerprint density at radius 2 is 2.25 bits per heavy atom. The van der Waals surface area contributed by atoms with Crippen LogP contribution in [0.2, 0.25) is 0 Å². The van der Waals surface area contributed by atoms with Crippen LogP contribution < -0.4 is 16.2 Å². The Labute approximate surface area is 166 Å². The molecule has 0 spiro atoms. The topological polar surface area (TPSA) is 84.7 Å². The lowest BCUT2D eigenvalue weighted by Gasteiger charge is -2.14. The fourth-order valence-electron chi connectivity index (χ4n) is 3.32. The van der Waals surface area contributed by atoms with Gasteiger partial charge in [0.05, 0.1) is 23.9 Å². The van der Waals surface area contributed by atoms with Crippen LogP contribution >= 0.6 is 11.3 Å². The molecular weight excluding hydrogens is 376 g/mol. The number of thiazole rings is 1. The van der Waals surface area contributed by atoms with E-state index in [9.17, 15) is 9.59 Å². The molecule has 8 heteroatoms. The fraction of sp³-hybridized carbons (Fsp3) is 0.350. The second-order valence-corrected chi connectivity index (χ2v) is 7.66. The lowest BCUT2D eigenvalue weighted by Crippen LogP contribution is -2.32. The van der Waals surface area contributed by atoms with Crippen molar-refractivity contribution in [2.45, 2.75) is 32.4 Å². The second kappa shape index (κ2) is 8.12. The lowest BCUT2D eigenvalue weighted by molar-refractivity contribution is 0.0858. The van der Waals surface area contributed by atoms with Crippen LogP contribution in [0.3, 0.4) is 0 Å². The van der Waals surface area contributed by atoms with Crippen LogP contribution in [0.15, 0.2) is 40.5 Å². The highest BCUT2D eigenvalue weighted by atomic mass is 32.1. The first-order valence-electron chi connectivity index (χ1n) is 9.31. The Balaban J connectivity index is 1.46. The van der Waals surface area contributed by atoms with E-state index in [0.717, 1.165) is 25.1 Å². The molecule has 0 aliphatic carbocycles. The van der Waals surface area contributed by atoms with Gasteiger partial charge in [-0.3, -0.25) is 14.0 Å². The Kier molecular flexibility index (Phi) is 5.40. The molecule has 146 valence electrons. The van der Waals surface area contributed by atoms with E-state index in [4.69, 9.17) is 4.74 Å². The fourth-order valence-corrected chi connectivity index (χ4v) is 4.21. The summed E-state index contributed by atoms with van der Waals surface area (Å²) in [4.78, 5) is 30.1. The quantitative estimate of drug-likeness (QED) is 0.667. The zero-order valence-corrected chi connectivity index (χ0v) is 16.4. The van der Waals surface area contributed by atoms with Crippen molar-refractivity contribution in [2.24, 2.45) is 0 Å². The summed E-state index contributed by atoms with van der Waals surface area (Å²) < 4.78 is 7.15. The number of aromatic nitrogens is 2. The van der Waals surface area contributed by atoms with Crippen molar-refractivity contribution in [3.8, 4) is 0 Å². The van der Waals surface area contributed by atoms with E-state index < -0.39 is 0 Å². The summed E-state index contributed by atoms with van der Waals surface area (Å²) in [5, 5.41) is 8.09. The van der Waals surface area contributed by atoms with Crippen molar-refractivity contribution in [3.63, 3.8) is 0 Å². The number of carbonyl (C=O) groups is 1. The maximum Gasteiger partial charge on any atom is 0.259 e. The van der Waals surface area contributed by atoms with E-state index in [1.54, 1.807) is 10.5 Å². The van der Waals surface area contributed by atoms with Crippen molar-refractivity contribution in [1.29, 1.82) is 0 Å². The van der Waals surface area contributed by atoms with Crippen LogP contribution in [0, 0.1) is 6.92 Å². The summed E-state index contributed by atoms with van der Waals surface area (Å²) in [6.07, 6.45) is 2.12. The van der Waals surface area contributed by atoms with Crippen molar-refractivity contribution in [3.05, 3.63) is 63.0 Å². The van der Waals surface area contributed by atoms with Gasteiger partial charge in [-0.05, 0) is 31.9 Å². The summed E-state index contributed by atoms with van der Waals surface area (Å²) in [6.45, 7) is 3.52. The minimum atomic E-state index is -0.143. The van der Waals surface area contributed by atoms with E-state index in [0.29, 0.717) is 35.0 Å². The van der Waals surface area contributed by atoms with Gasteiger partial charge in [0.25, 0.3) is 11.5 Å². The Hall–Kier alpha value is -2.71. The zero-order chi connectivity index (χ0) is 19.5. The third-order valence-electron chi connectivity index (χ3n) is 4.77. The predicted octanol–water partition coefficient (Wildman–Crippen LogP) is 2.59. The molecule has 0 bridgehead atoms. The Bertz CT molecular complexity index is 1050. The molecule has 0 radical (unpaired) electrons. The number of carbonyl (C=O) groups excluding carboxylic acids is 1. The van der Waals surface area contributed by atoms with Gasteiger partial charge in [-0.2, -0.15) is 0 Å². The monoisotopic (exact) mass is 398 g/mol. The summed E-state index contributed by atoms with van der Waals surface area (Å²) in [6, 6.07) is 8.85. The van der Waals surface area contributed by atoms with Crippen LogP contribution in [0.25, 0.3) is 4.96 Å². The molecule has 4 rings (SSSR count). The predicted molar refractivity (Wildman–Crippen MR) is 109 cm³/mol. The van der Waals surface area contributed by atoms with Gasteiger partial charge in [0, 0.05) is 36.0 Å². The first-order valence-corrected chi connectivity index (χ1v) is 10.2. The lowest BCUT2D eigenvalue weighted by atomic mass is 10.1. The number of ether oxygens (including phenoxy) is 1. The highest BCUT2D eigenvalue weighted by Crippen LogP contribution is 2.17. The van der Waals surface area contributed by atoms with Gasteiger partial charge in [0.1, 0.15) is 0 Å². The average Bonchev–Trinajstić information content (AvgIpc) is 3.35. The normalized spacial score (nSPS) is 16.4. The molecule has 2 N–H and O–H groups in total. The maximum absolute atomic E-state index is 12.6. The number of amides is 1. The molecule has 0 unspecified atom stereocenters. The number of nitrogens with zero attached hydrogens (tertiary/aromatic N) is 2. The number of nitrogens with one attached hydrogen (secondary N) is 2. The molecular formula is C20H22N4O3S. The number of aryl methyl sites for hydroxylation is 1. The molecule has 1 saturated heterocycles. The summed E-state index contributed by atoms with van der Waals surface area (Å²) in [7, 11) is 0. The van der Waals surface area contributed by atoms with Crippen LogP contribution in [0.4, 0.5) is 5.69 Å². The number of para-hydroxylation sites is 1. The van der Waals surface area contributed by atoms with Crippen molar-refractivity contribution in [2.75, 3.05) is 18.5 Å². The Morgan fingerprint density at radius 1 is 1.39 bits per heavy atom. The molecule has 1 aromatic carbocycles. The van der Waals surface area contributed by atoms with Gasteiger partial charge in [0.2, 0.25) is 0 Å². The van der Waals surface area contributed by atoms with Crippen molar-refractivity contribution < 1.29 is 9.53 Å². The summed E-state index contributed by atoms with van der Waals surface area (Å²) >= 11 is 1.44. The largest absolute Gasteiger partial charge is 0.379 e. The molecule has 3 aromatic rings. The van der Waals surface area contributed by atoms with Gasteiger partial charge in [-0.1, -0.05) is 12.1 Å². The molecule has 1 atom stereocenters. The van der Waals surface area contributed by atoms with Gasteiger partial charge in [-0.15, -0.1) is 11.3 Å². The average molecular weight is 398 g/mol. The van der Waals surface area contributed by atoms with Crippen LogP contribution in [-0.2, 0) is 11.3 Å². The molecule has 7 nitrogen and oxygen atoms in total. The van der Waals surface area contributed by atoms with Crippen LogP contribution in [0.1, 0.15) is 34.6 Å². The number of hydrogen-bond acceptors (Lipinski definition) is 6. The third kappa shape index (κ3) is 3.93. The van der Waals surface area contributed by atoms with Gasteiger partial charge in [-0.25, -0.2) is 4.98 Å². The standard InChI is InChI=1S/C20H22N4O3S/c1-13-12-28-20-23-14(9-18(25)24(13)20)10-21-17-7-3-2-6-16(17)19(26)22-11-15-5-4-8-27-15/h2-3,6-7,9,12,15,21H,4-5,8,10-11H2,1H3,(H,22,26)/t15-/m0/s1. The number of fused-ring (bicyclic) bond motifs is 1. The SMILES string of the molecule is Cc1csc2nc(CNc3ccccc3C(=O)NC[C@@H]3CCCO3)cc(=O)n12. The smallest absolute Gasteiger partial charge is 0.259 e. The van der Waals surface area contributed by atoms with Crippen molar-refractivity contribution >= 4 is 27.9 Å². The van der Waals surface area contributed by atoms with Crippen molar-refractivity contribution in [1.82, 2.24) is 14.7 Å². The van der Waals surface area contributed by atoms with E-state index in [1.165, 1.54) is 17.4 Å². The second-order valence-electron chi connectivity index (χ2n) is 6.82. The highest BCUT2D eigenvalue weighted by Gasteiger charge is 2.18. The molecule has 2 aromatic heterocycles. The molecule has 1 amide bonds. The number of rotatable bonds is 6. The molecule has 3 heterocycles. The first kappa shape index (κ1) is 18.6. The van der Waals surface area contributed by atoms with Gasteiger partial charge >= 0.3 is 0 Å². The molecule has 1 aliphatic rings. The number of anilines is 1. The summed E-state index contributed by atoms with van der Waals surface area (Å²) in [5.41, 5.74) is 2.69. The number of benzene rings is 1. The van der Waals surface area contributed by atoms with E-state index in [2.05, 4.69) is 15.6 Å². The van der Waals surface area contributed by atoms with E-state index >= 15 is 0 Å². The highest BCUT2D eigenvalue weighted by molar-refractivity contribution is 7.15. The molecule has 0 saturated carbocycles. The van der Waals surface area contributed by atoms with Gasteiger partial charge < -0.3 is 15.4 Å². The third-order valence-corrected chi connectivity index (χ3v) is 5.72. The minimum absolute atomic E-state index is 0.0943.